The third-order valence-electron chi connectivity index (χ3n) is 1.66. The number of allylic oxidation sites excluding steroid dienone is 1. The fourth-order valence-corrected chi connectivity index (χ4v) is 4.06. The molecule has 0 rings (SSSR count). The monoisotopic (exact) mass is 188 g/mol. The molecule has 0 saturated carbocycles. The van der Waals surface area contributed by atoms with E-state index in [9.17, 15) is 0 Å². The van der Waals surface area contributed by atoms with Crippen LogP contribution >= 0.6 is 0 Å². The normalized spacial score (nSPS) is 11.9. The summed E-state index contributed by atoms with van der Waals surface area (Å²) in [6, 6.07) is 2.79. The fourth-order valence-electron chi connectivity index (χ4n) is 1.00. The van der Waals surface area contributed by atoms with Crippen LogP contribution in [0.25, 0.3) is 0 Å². The van der Waals surface area contributed by atoms with Gasteiger partial charge in [0.05, 0.1) is 9.52 Å². The van der Waals surface area contributed by atoms with E-state index in [4.69, 9.17) is 5.11 Å². The second-order valence-corrected chi connectivity index (χ2v) is 6.76. The highest BCUT2D eigenvalue weighted by molar-refractivity contribution is 6.42. The first kappa shape index (κ1) is 11.1. The summed E-state index contributed by atoms with van der Waals surface area (Å²) in [6.07, 6.45) is 1.88. The van der Waals surface area contributed by atoms with Crippen molar-refractivity contribution in [3.8, 4) is 0 Å². The Kier molecular flexibility index (Phi) is 8.33. The van der Waals surface area contributed by atoms with Crippen molar-refractivity contribution in [1.29, 1.82) is 0 Å². The van der Waals surface area contributed by atoms with Crippen LogP contribution in [0.1, 0.15) is 20.3 Å². The van der Waals surface area contributed by atoms with Crippen molar-refractivity contribution in [1.82, 2.24) is 0 Å². The molecule has 0 bridgehead atoms. The molecule has 1 N–H and O–H groups in total. The van der Waals surface area contributed by atoms with Gasteiger partial charge in [-0.1, -0.05) is 24.1 Å². The van der Waals surface area contributed by atoms with Gasteiger partial charge >= 0.3 is 0 Å². The van der Waals surface area contributed by atoms with E-state index in [1.807, 2.05) is 0 Å². The third kappa shape index (κ3) is 10.1. The van der Waals surface area contributed by atoms with E-state index in [2.05, 4.69) is 19.5 Å². The van der Waals surface area contributed by atoms with Crippen molar-refractivity contribution < 1.29 is 5.11 Å². The van der Waals surface area contributed by atoms with Crippen LogP contribution in [-0.4, -0.2) is 30.4 Å². The summed E-state index contributed by atoms with van der Waals surface area (Å²) in [7, 11) is 0.0459. The third-order valence-corrected chi connectivity index (χ3v) is 4.99. The predicted molar refractivity (Wildman–Crippen MR) is 57.8 cm³/mol. The van der Waals surface area contributed by atoms with Crippen LogP contribution in [-0.2, 0) is 0 Å². The van der Waals surface area contributed by atoms with Crippen LogP contribution in [0.3, 0.4) is 0 Å². The Bertz CT molecular complexity index is 109. The lowest BCUT2D eigenvalue weighted by Crippen LogP contribution is -1.96. The number of aliphatic hydroxyl groups is 1. The van der Waals surface area contributed by atoms with Crippen LogP contribution in [0.15, 0.2) is 11.3 Å². The maximum Gasteiger partial charge on any atom is 0.0512 e. The maximum atomic E-state index is 8.57. The van der Waals surface area contributed by atoms with Gasteiger partial charge in [-0.05, 0) is 13.8 Å². The maximum absolute atomic E-state index is 8.57. The Labute approximate surface area is 74.5 Å². The molecule has 0 aromatic carbocycles. The molecule has 0 saturated heterocycles. The number of hydrogen-bond acceptors (Lipinski definition) is 1. The van der Waals surface area contributed by atoms with Gasteiger partial charge in [-0.3, -0.25) is 0 Å². The highest BCUT2D eigenvalue weighted by Crippen LogP contribution is 1.96. The Morgan fingerprint density at radius 1 is 1.36 bits per heavy atom. The van der Waals surface area contributed by atoms with Crippen LogP contribution < -0.4 is 0 Å². The topological polar surface area (TPSA) is 20.2 Å². The molecular weight excluding hydrogens is 168 g/mol. The molecule has 0 aromatic heterocycles. The zero-order chi connectivity index (χ0) is 8.53. The van der Waals surface area contributed by atoms with E-state index in [1.54, 1.807) is 0 Å². The molecule has 0 fully saturated rings. The zero-order valence-corrected chi connectivity index (χ0v) is 10.6. The number of hydrogen-bond donors (Lipinski definition) is 1. The number of rotatable bonds is 6. The second kappa shape index (κ2) is 8.23. The molecule has 0 spiro atoms. The predicted octanol–water partition coefficient (Wildman–Crippen LogP) is 0.424. The largest absolute Gasteiger partial charge is 0.400 e. The molecule has 0 radical (unpaired) electrons. The van der Waals surface area contributed by atoms with Crippen molar-refractivity contribution >= 4 is 19.0 Å². The lowest BCUT2D eigenvalue weighted by atomic mass is 10.4. The minimum atomic E-state index is -0.0686. The van der Waals surface area contributed by atoms with Crippen LogP contribution in [0, 0.1) is 0 Å². The highest BCUT2D eigenvalue weighted by atomic mass is 28.2. The Morgan fingerprint density at radius 2 is 2.09 bits per heavy atom. The first-order valence-electron chi connectivity index (χ1n) is 4.51. The molecule has 0 amide bonds. The summed E-state index contributed by atoms with van der Waals surface area (Å²) in [6.45, 7) is 4.35. The molecular formula is C8H20OSi2. The van der Waals surface area contributed by atoms with Gasteiger partial charge in [0.1, 0.15) is 0 Å². The Morgan fingerprint density at radius 3 is 2.64 bits per heavy atom. The summed E-state index contributed by atoms with van der Waals surface area (Å²) < 4.78 is 0. The number of aliphatic hydroxyl groups excluding tert-OH is 1. The van der Waals surface area contributed by atoms with Gasteiger partial charge in [-0.2, -0.15) is 0 Å². The summed E-state index contributed by atoms with van der Waals surface area (Å²) in [4.78, 5) is 0. The molecule has 11 heavy (non-hydrogen) atoms. The molecule has 0 heterocycles. The smallest absolute Gasteiger partial charge is 0.0512 e. The van der Waals surface area contributed by atoms with Gasteiger partial charge in [0.15, 0.2) is 0 Å². The standard InChI is InChI=1S/C8H20OSi2/c1-8(2)6-10-4-3-5-11-7-9/h6,9H,3-5,7,10-11H2,1-2H3. The SMILES string of the molecule is CC(C)=C[SiH2]CCC[SiH2]CO. The molecule has 3 heteroatoms. The summed E-state index contributed by atoms with van der Waals surface area (Å²) >= 11 is 0. The van der Waals surface area contributed by atoms with Crippen molar-refractivity contribution in [2.75, 3.05) is 6.23 Å². The zero-order valence-electron chi connectivity index (χ0n) is 7.77. The van der Waals surface area contributed by atoms with E-state index in [0.717, 1.165) is 0 Å². The van der Waals surface area contributed by atoms with Crippen molar-refractivity contribution in [2.24, 2.45) is 0 Å². The van der Waals surface area contributed by atoms with Crippen molar-refractivity contribution in [3.63, 3.8) is 0 Å². The first-order valence-corrected chi connectivity index (χ1v) is 8.33. The summed E-state index contributed by atoms with van der Waals surface area (Å²) in [5.74, 6) is 0. The van der Waals surface area contributed by atoms with Gasteiger partial charge < -0.3 is 5.11 Å². The molecule has 0 atom stereocenters. The highest BCUT2D eigenvalue weighted by Gasteiger charge is 1.88. The molecule has 0 aromatic rings. The lowest BCUT2D eigenvalue weighted by molar-refractivity contribution is 0.365. The average Bonchev–Trinajstić information content (AvgIpc) is 1.96. The lowest BCUT2D eigenvalue weighted by Gasteiger charge is -1.95. The van der Waals surface area contributed by atoms with Gasteiger partial charge in [0.25, 0.3) is 0 Å². The van der Waals surface area contributed by atoms with E-state index in [1.165, 1.54) is 24.1 Å². The molecule has 0 unspecified atom stereocenters. The Hall–Kier alpha value is 0.134. The van der Waals surface area contributed by atoms with Crippen LogP contribution in [0.4, 0.5) is 0 Å². The van der Waals surface area contributed by atoms with Gasteiger partial charge in [-0.15, -0.1) is 5.70 Å². The minimum Gasteiger partial charge on any atom is -0.400 e. The first-order chi connectivity index (χ1) is 5.27. The van der Waals surface area contributed by atoms with Crippen LogP contribution in [0.2, 0.25) is 12.1 Å². The molecule has 0 aliphatic heterocycles. The minimum absolute atomic E-state index is 0.0686. The van der Waals surface area contributed by atoms with E-state index < -0.39 is 0 Å². The van der Waals surface area contributed by atoms with Crippen molar-refractivity contribution in [3.05, 3.63) is 11.3 Å². The summed E-state index contributed by atoms with van der Waals surface area (Å²) in [5.41, 5.74) is 3.91. The molecule has 0 aliphatic carbocycles. The quantitative estimate of drug-likeness (QED) is 0.473. The van der Waals surface area contributed by atoms with Crippen molar-refractivity contribution in [2.45, 2.75) is 32.4 Å². The van der Waals surface area contributed by atoms with E-state index in [-0.39, 0.29) is 19.0 Å². The fraction of sp³-hybridized carbons (Fsp3) is 0.750. The average molecular weight is 188 g/mol. The van der Waals surface area contributed by atoms with Gasteiger partial charge in [0.2, 0.25) is 0 Å². The Balaban J connectivity index is 2.97. The molecule has 66 valence electrons. The molecule has 1 nitrogen and oxygen atoms in total. The van der Waals surface area contributed by atoms with E-state index in [0.29, 0.717) is 6.23 Å². The van der Waals surface area contributed by atoms with Gasteiger partial charge in [-0.25, -0.2) is 0 Å². The molecule has 0 aliphatic rings. The summed E-state index contributed by atoms with van der Waals surface area (Å²) in [5, 5.41) is 8.57. The van der Waals surface area contributed by atoms with Crippen LogP contribution in [0.5, 0.6) is 0 Å². The van der Waals surface area contributed by atoms with E-state index >= 15 is 0 Å². The van der Waals surface area contributed by atoms with Gasteiger partial charge in [0, 0.05) is 15.7 Å². The second-order valence-electron chi connectivity index (χ2n) is 3.21.